The fourth-order valence-electron chi connectivity index (χ4n) is 4.40. The van der Waals surface area contributed by atoms with Crippen LogP contribution in [0.3, 0.4) is 0 Å². The third-order valence-electron chi connectivity index (χ3n) is 5.62. The molecule has 0 unspecified atom stereocenters. The highest BCUT2D eigenvalue weighted by molar-refractivity contribution is 5.99. The molecule has 26 heavy (non-hydrogen) atoms. The van der Waals surface area contributed by atoms with Crippen molar-refractivity contribution >= 4 is 5.91 Å². The number of carbonyl (C=O) groups excluding carboxylic acids is 1. The van der Waals surface area contributed by atoms with Crippen LogP contribution in [0.5, 0.6) is 11.6 Å². The maximum Gasteiger partial charge on any atom is 0.263 e. The van der Waals surface area contributed by atoms with E-state index < -0.39 is 0 Å². The quantitative estimate of drug-likeness (QED) is 0.825. The molecule has 1 aliphatic carbocycles. The first kappa shape index (κ1) is 16.8. The molecule has 138 valence electrons. The predicted octanol–water partition coefficient (Wildman–Crippen LogP) is 1.98. The number of pyridine rings is 1. The minimum absolute atomic E-state index is 0.142. The maximum absolute atomic E-state index is 13.3. The molecular formula is C18H22N4O4. The minimum Gasteiger partial charge on any atom is -0.496 e. The summed E-state index contributed by atoms with van der Waals surface area (Å²) in [5, 5.41) is 3.96. The van der Waals surface area contributed by atoms with Crippen LogP contribution in [0.25, 0.3) is 0 Å². The molecule has 2 fully saturated rings. The largest absolute Gasteiger partial charge is 0.496 e. The molecule has 4 rings (SSSR count). The van der Waals surface area contributed by atoms with Crippen molar-refractivity contribution in [1.29, 1.82) is 0 Å². The lowest BCUT2D eigenvalue weighted by molar-refractivity contribution is 0.0767. The van der Waals surface area contributed by atoms with Gasteiger partial charge in [-0.15, -0.1) is 0 Å². The van der Waals surface area contributed by atoms with E-state index in [2.05, 4.69) is 15.1 Å². The average Bonchev–Trinajstić information content (AvgIpc) is 3.34. The van der Waals surface area contributed by atoms with Crippen LogP contribution < -0.4 is 9.47 Å². The van der Waals surface area contributed by atoms with Gasteiger partial charge in [-0.2, -0.15) is 4.98 Å². The molecule has 2 aromatic heterocycles. The Hall–Kier alpha value is -2.64. The average molecular weight is 358 g/mol. The second-order valence-electron chi connectivity index (χ2n) is 6.98. The van der Waals surface area contributed by atoms with Gasteiger partial charge in [0.1, 0.15) is 11.3 Å². The number of methoxy groups -OCH3 is 2. The van der Waals surface area contributed by atoms with Crippen LogP contribution >= 0.6 is 0 Å². The molecule has 2 atom stereocenters. The zero-order valence-corrected chi connectivity index (χ0v) is 15.2. The van der Waals surface area contributed by atoms with Gasteiger partial charge >= 0.3 is 0 Å². The number of nitrogens with zero attached hydrogens (tertiary/aromatic N) is 4. The van der Waals surface area contributed by atoms with Gasteiger partial charge < -0.3 is 18.9 Å². The Bertz CT molecular complexity index is 814. The molecular weight excluding hydrogens is 336 g/mol. The lowest BCUT2D eigenvalue weighted by atomic mass is 9.80. The number of rotatable bonds is 4. The van der Waals surface area contributed by atoms with Gasteiger partial charge in [0.15, 0.2) is 5.82 Å². The number of ether oxygens (including phenoxy) is 2. The Balaban J connectivity index is 1.68. The summed E-state index contributed by atoms with van der Waals surface area (Å²) in [5.41, 5.74) is 0.105. The van der Waals surface area contributed by atoms with E-state index >= 15 is 0 Å². The van der Waals surface area contributed by atoms with Crippen molar-refractivity contribution in [2.75, 3.05) is 27.3 Å². The number of hydrogen-bond donors (Lipinski definition) is 0. The van der Waals surface area contributed by atoms with E-state index in [4.69, 9.17) is 14.0 Å². The van der Waals surface area contributed by atoms with Crippen molar-refractivity contribution in [2.45, 2.75) is 31.6 Å². The smallest absolute Gasteiger partial charge is 0.263 e. The summed E-state index contributed by atoms with van der Waals surface area (Å²) in [4.78, 5) is 23.8. The zero-order chi connectivity index (χ0) is 18.3. The summed E-state index contributed by atoms with van der Waals surface area (Å²) in [6.07, 6.45) is 4.67. The molecule has 1 saturated carbocycles. The van der Waals surface area contributed by atoms with E-state index in [0.29, 0.717) is 42.0 Å². The summed E-state index contributed by atoms with van der Waals surface area (Å²) < 4.78 is 16.2. The Morgan fingerprint density at radius 1 is 1.38 bits per heavy atom. The molecule has 3 heterocycles. The molecule has 0 N–H and O–H groups in total. The monoisotopic (exact) mass is 358 g/mol. The molecule has 0 aromatic carbocycles. The van der Waals surface area contributed by atoms with Gasteiger partial charge in [-0.25, -0.2) is 4.98 Å². The van der Waals surface area contributed by atoms with Gasteiger partial charge in [0.2, 0.25) is 11.8 Å². The normalized spacial score (nSPS) is 24.6. The topological polar surface area (TPSA) is 90.6 Å². The molecule has 1 amide bonds. The van der Waals surface area contributed by atoms with E-state index in [9.17, 15) is 4.79 Å². The van der Waals surface area contributed by atoms with Gasteiger partial charge in [-0.3, -0.25) is 4.79 Å². The van der Waals surface area contributed by atoms with Crippen molar-refractivity contribution in [2.24, 2.45) is 5.92 Å². The molecule has 8 nitrogen and oxygen atoms in total. The van der Waals surface area contributed by atoms with Crippen LogP contribution in [0.1, 0.15) is 41.3 Å². The maximum atomic E-state index is 13.3. The van der Waals surface area contributed by atoms with Crippen LogP contribution in [0.2, 0.25) is 0 Å². The van der Waals surface area contributed by atoms with Crippen molar-refractivity contribution in [3.63, 3.8) is 0 Å². The van der Waals surface area contributed by atoms with E-state index in [1.54, 1.807) is 12.3 Å². The Labute approximate surface area is 151 Å². The summed E-state index contributed by atoms with van der Waals surface area (Å²) >= 11 is 0. The van der Waals surface area contributed by atoms with Crippen LogP contribution in [0.15, 0.2) is 16.8 Å². The molecule has 8 heteroatoms. The van der Waals surface area contributed by atoms with Crippen LogP contribution in [0, 0.1) is 12.8 Å². The molecule has 0 bridgehead atoms. The number of likely N-dealkylation sites (tertiary alicyclic amines) is 1. The van der Waals surface area contributed by atoms with Gasteiger partial charge in [-0.1, -0.05) is 11.6 Å². The fourth-order valence-corrected chi connectivity index (χ4v) is 4.40. The predicted molar refractivity (Wildman–Crippen MR) is 91.3 cm³/mol. The molecule has 1 aliphatic heterocycles. The number of amides is 1. The summed E-state index contributed by atoms with van der Waals surface area (Å²) in [5.74, 6) is 2.19. The van der Waals surface area contributed by atoms with E-state index in [0.717, 1.165) is 19.3 Å². The van der Waals surface area contributed by atoms with Crippen molar-refractivity contribution in [1.82, 2.24) is 20.0 Å². The van der Waals surface area contributed by atoms with E-state index in [-0.39, 0.29) is 17.2 Å². The Morgan fingerprint density at radius 2 is 2.23 bits per heavy atom. The van der Waals surface area contributed by atoms with Gasteiger partial charge in [0.25, 0.3) is 5.91 Å². The van der Waals surface area contributed by atoms with Crippen LogP contribution in [0.4, 0.5) is 0 Å². The third kappa shape index (κ3) is 2.43. The molecule has 0 spiro atoms. The first-order valence-electron chi connectivity index (χ1n) is 8.76. The number of carbonyl (C=O) groups is 1. The standard InChI is InChI=1S/C18H22N4O4/c1-11-20-17(26-21-11)18-7-4-5-12(18)9-22(10-18)16(23)14-13(24-2)6-8-19-15(14)25-3/h6,8,12H,4-5,7,9-10H2,1-3H3/t12-,18-/m0/s1. The summed E-state index contributed by atoms with van der Waals surface area (Å²) in [6.45, 7) is 3.03. The van der Waals surface area contributed by atoms with Crippen molar-refractivity contribution in [3.8, 4) is 11.6 Å². The Kier molecular flexibility index (Phi) is 4.05. The number of aryl methyl sites for hydroxylation is 1. The van der Waals surface area contributed by atoms with E-state index in [1.807, 2.05) is 11.8 Å². The molecule has 2 aromatic rings. The molecule has 1 saturated heterocycles. The lowest BCUT2D eigenvalue weighted by Gasteiger charge is -2.24. The van der Waals surface area contributed by atoms with Crippen LogP contribution in [-0.4, -0.2) is 53.2 Å². The molecule has 2 aliphatic rings. The highest BCUT2D eigenvalue weighted by atomic mass is 16.5. The third-order valence-corrected chi connectivity index (χ3v) is 5.62. The minimum atomic E-state index is -0.250. The highest BCUT2D eigenvalue weighted by Crippen LogP contribution is 2.50. The number of hydrogen-bond acceptors (Lipinski definition) is 7. The molecule has 0 radical (unpaired) electrons. The first-order valence-corrected chi connectivity index (χ1v) is 8.76. The van der Waals surface area contributed by atoms with Crippen LogP contribution in [-0.2, 0) is 5.41 Å². The first-order chi connectivity index (χ1) is 12.6. The van der Waals surface area contributed by atoms with E-state index in [1.165, 1.54) is 14.2 Å². The van der Waals surface area contributed by atoms with Gasteiger partial charge in [0.05, 0.1) is 19.6 Å². The van der Waals surface area contributed by atoms with Crippen molar-refractivity contribution in [3.05, 3.63) is 29.5 Å². The fraction of sp³-hybridized carbons (Fsp3) is 0.556. The summed E-state index contributed by atoms with van der Waals surface area (Å²) in [6, 6.07) is 1.67. The zero-order valence-electron chi connectivity index (χ0n) is 15.2. The van der Waals surface area contributed by atoms with Crippen molar-refractivity contribution < 1.29 is 18.8 Å². The highest BCUT2D eigenvalue weighted by Gasteiger charge is 2.55. The van der Waals surface area contributed by atoms with Gasteiger partial charge in [0, 0.05) is 19.3 Å². The Morgan fingerprint density at radius 3 is 2.92 bits per heavy atom. The lowest BCUT2D eigenvalue weighted by Crippen LogP contribution is -2.35. The number of aromatic nitrogens is 3. The SMILES string of the molecule is COc1ccnc(OC)c1C(=O)N1C[C@@H]2CCC[C@]2(c2nc(C)no2)C1. The second kappa shape index (κ2) is 6.26. The number of fused-ring (bicyclic) bond motifs is 1. The van der Waals surface area contributed by atoms with Gasteiger partial charge in [-0.05, 0) is 31.7 Å². The second-order valence-corrected chi connectivity index (χ2v) is 6.98. The summed E-state index contributed by atoms with van der Waals surface area (Å²) in [7, 11) is 3.03.